The van der Waals surface area contributed by atoms with Gasteiger partial charge in [-0.15, -0.1) is 0 Å². The normalized spacial score (nSPS) is 18.8. The smallest absolute Gasteiger partial charge is 0.254 e. The molecule has 1 aromatic heterocycles. The highest BCUT2D eigenvalue weighted by molar-refractivity contribution is 5.97. The van der Waals surface area contributed by atoms with Gasteiger partial charge in [0, 0.05) is 18.7 Å². The van der Waals surface area contributed by atoms with Gasteiger partial charge in [0.15, 0.2) is 0 Å². The summed E-state index contributed by atoms with van der Waals surface area (Å²) in [5.41, 5.74) is 2.36. The van der Waals surface area contributed by atoms with E-state index in [0.29, 0.717) is 31.9 Å². The Hall–Kier alpha value is -1.92. The van der Waals surface area contributed by atoms with Crippen molar-refractivity contribution in [1.29, 1.82) is 0 Å². The average Bonchev–Trinajstić information content (AvgIpc) is 2.97. The molecule has 0 spiro atoms. The fourth-order valence-corrected chi connectivity index (χ4v) is 2.91. The van der Waals surface area contributed by atoms with Gasteiger partial charge < -0.3 is 19.3 Å². The standard InChI is InChI=1S/C16H21N3O3/c1-2-13-10-22-8-6-19(13)16(21)12-3-4-15-14(9-12)17-11-18(15)5-7-20/h3-4,9,11,13,20H,2,5-8,10H2,1H3/t13-/m0/s1. The Morgan fingerprint density at radius 2 is 2.36 bits per heavy atom. The molecule has 0 unspecified atom stereocenters. The number of hydrogen-bond donors (Lipinski definition) is 1. The number of carbonyl (C=O) groups is 1. The second-order valence-corrected chi connectivity index (χ2v) is 5.50. The Balaban J connectivity index is 1.87. The molecule has 0 bridgehead atoms. The van der Waals surface area contributed by atoms with Crippen molar-refractivity contribution in [3.05, 3.63) is 30.1 Å². The fourth-order valence-electron chi connectivity index (χ4n) is 2.91. The number of rotatable bonds is 4. The van der Waals surface area contributed by atoms with Crippen LogP contribution in [0.4, 0.5) is 0 Å². The Bertz CT molecular complexity index is 668. The van der Waals surface area contributed by atoms with Gasteiger partial charge in [0.25, 0.3) is 5.91 Å². The molecule has 22 heavy (non-hydrogen) atoms. The van der Waals surface area contributed by atoms with Gasteiger partial charge in [-0.2, -0.15) is 0 Å². The first-order valence-electron chi connectivity index (χ1n) is 7.69. The summed E-state index contributed by atoms with van der Waals surface area (Å²) in [5, 5.41) is 9.05. The highest BCUT2D eigenvalue weighted by Gasteiger charge is 2.27. The topological polar surface area (TPSA) is 67.6 Å². The summed E-state index contributed by atoms with van der Waals surface area (Å²) in [6.07, 6.45) is 2.58. The molecule has 1 amide bonds. The first-order chi connectivity index (χ1) is 10.7. The summed E-state index contributed by atoms with van der Waals surface area (Å²) in [7, 11) is 0. The number of morpholine rings is 1. The lowest BCUT2D eigenvalue weighted by Crippen LogP contribution is -2.48. The van der Waals surface area contributed by atoms with E-state index in [-0.39, 0.29) is 18.6 Å². The number of aliphatic hydroxyl groups is 1. The largest absolute Gasteiger partial charge is 0.395 e. The highest BCUT2D eigenvalue weighted by Crippen LogP contribution is 2.19. The Morgan fingerprint density at radius 3 is 3.14 bits per heavy atom. The number of carbonyl (C=O) groups excluding carboxylic acids is 1. The maximum absolute atomic E-state index is 12.7. The summed E-state index contributed by atoms with van der Waals surface area (Å²) < 4.78 is 7.34. The molecule has 6 nitrogen and oxygen atoms in total. The quantitative estimate of drug-likeness (QED) is 0.924. The second kappa shape index (κ2) is 6.46. The number of aromatic nitrogens is 2. The number of hydrogen-bond acceptors (Lipinski definition) is 4. The number of amides is 1. The maximum atomic E-state index is 12.7. The highest BCUT2D eigenvalue weighted by atomic mass is 16.5. The summed E-state index contributed by atoms with van der Waals surface area (Å²) in [6.45, 7) is 4.47. The van der Waals surface area contributed by atoms with E-state index < -0.39 is 0 Å². The minimum atomic E-state index is 0.0359. The fraction of sp³-hybridized carbons (Fsp3) is 0.500. The van der Waals surface area contributed by atoms with Gasteiger partial charge in [0.1, 0.15) is 0 Å². The van der Waals surface area contributed by atoms with Crippen LogP contribution in [-0.2, 0) is 11.3 Å². The maximum Gasteiger partial charge on any atom is 0.254 e. The number of ether oxygens (including phenoxy) is 1. The summed E-state index contributed by atoms with van der Waals surface area (Å²) >= 11 is 0. The number of nitrogens with zero attached hydrogens (tertiary/aromatic N) is 3. The van der Waals surface area contributed by atoms with E-state index in [0.717, 1.165) is 17.5 Å². The monoisotopic (exact) mass is 303 g/mol. The third-order valence-electron chi connectivity index (χ3n) is 4.17. The van der Waals surface area contributed by atoms with Gasteiger partial charge in [-0.3, -0.25) is 4.79 Å². The van der Waals surface area contributed by atoms with Crippen molar-refractivity contribution in [1.82, 2.24) is 14.5 Å². The number of fused-ring (bicyclic) bond motifs is 1. The molecule has 1 atom stereocenters. The van der Waals surface area contributed by atoms with Crippen LogP contribution in [0.3, 0.4) is 0 Å². The molecule has 118 valence electrons. The summed E-state index contributed by atoms with van der Waals surface area (Å²) in [6, 6.07) is 5.70. The summed E-state index contributed by atoms with van der Waals surface area (Å²) in [5.74, 6) is 0.0359. The van der Waals surface area contributed by atoms with E-state index in [2.05, 4.69) is 11.9 Å². The third-order valence-corrected chi connectivity index (χ3v) is 4.17. The molecule has 0 saturated carbocycles. The lowest BCUT2D eigenvalue weighted by Gasteiger charge is -2.35. The Morgan fingerprint density at radius 1 is 1.50 bits per heavy atom. The van der Waals surface area contributed by atoms with Crippen molar-refractivity contribution in [2.45, 2.75) is 25.9 Å². The number of aliphatic hydroxyl groups excluding tert-OH is 1. The van der Waals surface area contributed by atoms with Gasteiger partial charge in [-0.05, 0) is 24.6 Å². The predicted octanol–water partition coefficient (Wildman–Crippen LogP) is 1.28. The lowest BCUT2D eigenvalue weighted by molar-refractivity contribution is -0.00279. The van der Waals surface area contributed by atoms with Crippen LogP contribution >= 0.6 is 0 Å². The zero-order valence-electron chi connectivity index (χ0n) is 12.7. The second-order valence-electron chi connectivity index (χ2n) is 5.50. The molecule has 3 rings (SSSR count). The van der Waals surface area contributed by atoms with Crippen molar-refractivity contribution in [3.63, 3.8) is 0 Å². The molecule has 2 aromatic rings. The van der Waals surface area contributed by atoms with Crippen LogP contribution in [0.1, 0.15) is 23.7 Å². The Labute approximate surface area is 129 Å². The SMILES string of the molecule is CC[C@H]1COCCN1C(=O)c1ccc2c(c1)ncn2CCO. The molecule has 1 aliphatic heterocycles. The molecule has 0 radical (unpaired) electrons. The van der Waals surface area contributed by atoms with Crippen LogP contribution in [0.5, 0.6) is 0 Å². The van der Waals surface area contributed by atoms with Gasteiger partial charge >= 0.3 is 0 Å². The molecule has 1 aromatic carbocycles. The first-order valence-corrected chi connectivity index (χ1v) is 7.69. The first kappa shape index (κ1) is 15.0. The van der Waals surface area contributed by atoms with Crippen molar-refractivity contribution >= 4 is 16.9 Å². The number of imidazole rings is 1. The van der Waals surface area contributed by atoms with Crippen LogP contribution in [-0.4, -0.2) is 57.9 Å². The Kier molecular flexibility index (Phi) is 4.40. The molecule has 1 N–H and O–H groups in total. The molecule has 1 fully saturated rings. The van der Waals surface area contributed by atoms with Gasteiger partial charge in [0.05, 0.1) is 43.2 Å². The van der Waals surface area contributed by atoms with Crippen LogP contribution in [0.15, 0.2) is 24.5 Å². The predicted molar refractivity (Wildman–Crippen MR) is 82.8 cm³/mol. The van der Waals surface area contributed by atoms with E-state index in [1.807, 2.05) is 27.7 Å². The molecule has 1 saturated heterocycles. The zero-order chi connectivity index (χ0) is 15.5. The lowest BCUT2D eigenvalue weighted by atomic mass is 10.1. The molecule has 2 heterocycles. The van der Waals surface area contributed by atoms with Crippen molar-refractivity contribution in [3.8, 4) is 0 Å². The molecule has 0 aliphatic carbocycles. The van der Waals surface area contributed by atoms with Crippen LogP contribution in [0.2, 0.25) is 0 Å². The third kappa shape index (κ3) is 2.71. The van der Waals surface area contributed by atoms with E-state index in [1.165, 1.54) is 0 Å². The molecule has 6 heteroatoms. The molecular weight excluding hydrogens is 282 g/mol. The molecule has 1 aliphatic rings. The van der Waals surface area contributed by atoms with E-state index in [4.69, 9.17) is 9.84 Å². The van der Waals surface area contributed by atoms with E-state index in [1.54, 1.807) is 6.33 Å². The van der Waals surface area contributed by atoms with Crippen LogP contribution in [0, 0.1) is 0 Å². The number of benzene rings is 1. The van der Waals surface area contributed by atoms with Gasteiger partial charge in [-0.25, -0.2) is 4.98 Å². The zero-order valence-corrected chi connectivity index (χ0v) is 12.7. The summed E-state index contributed by atoms with van der Waals surface area (Å²) in [4.78, 5) is 19.0. The average molecular weight is 303 g/mol. The van der Waals surface area contributed by atoms with E-state index >= 15 is 0 Å². The van der Waals surface area contributed by atoms with Crippen molar-refractivity contribution in [2.24, 2.45) is 0 Å². The minimum absolute atomic E-state index is 0.0359. The van der Waals surface area contributed by atoms with Gasteiger partial charge in [0.2, 0.25) is 0 Å². The van der Waals surface area contributed by atoms with Crippen LogP contribution < -0.4 is 0 Å². The van der Waals surface area contributed by atoms with Crippen LogP contribution in [0.25, 0.3) is 11.0 Å². The minimum Gasteiger partial charge on any atom is -0.395 e. The van der Waals surface area contributed by atoms with Gasteiger partial charge in [-0.1, -0.05) is 6.92 Å². The molecular formula is C16H21N3O3. The van der Waals surface area contributed by atoms with Crippen molar-refractivity contribution in [2.75, 3.05) is 26.4 Å². The van der Waals surface area contributed by atoms with E-state index in [9.17, 15) is 4.79 Å². The van der Waals surface area contributed by atoms with Crippen molar-refractivity contribution < 1.29 is 14.6 Å².